The standard InChI is InChI=1S/C14H17NO2S/c1-10(16)11-3-2-4-13(9-11)18-8-7-14(17)15-12-5-6-12/h2-4,9,12H,5-8H2,1H3,(H,15,17). The van der Waals surface area contributed by atoms with Gasteiger partial charge in [-0.3, -0.25) is 9.59 Å². The minimum absolute atomic E-state index is 0.0731. The number of benzene rings is 1. The Morgan fingerprint density at radius 3 is 2.83 bits per heavy atom. The normalized spacial score (nSPS) is 14.3. The summed E-state index contributed by atoms with van der Waals surface area (Å²) in [6.45, 7) is 1.56. The maximum absolute atomic E-state index is 11.5. The van der Waals surface area contributed by atoms with Crippen molar-refractivity contribution in [1.82, 2.24) is 5.32 Å². The Balaban J connectivity index is 1.76. The Morgan fingerprint density at radius 2 is 2.17 bits per heavy atom. The molecule has 4 heteroatoms. The lowest BCUT2D eigenvalue weighted by Gasteiger charge is -2.04. The summed E-state index contributed by atoms with van der Waals surface area (Å²) in [7, 11) is 0. The van der Waals surface area contributed by atoms with Crippen molar-refractivity contribution >= 4 is 23.5 Å². The molecule has 1 aromatic rings. The monoisotopic (exact) mass is 263 g/mol. The zero-order chi connectivity index (χ0) is 13.0. The van der Waals surface area contributed by atoms with Crippen LogP contribution in [0.25, 0.3) is 0 Å². The van der Waals surface area contributed by atoms with E-state index in [4.69, 9.17) is 0 Å². The first-order valence-electron chi connectivity index (χ1n) is 6.18. The Labute approximate surface area is 111 Å². The maximum Gasteiger partial charge on any atom is 0.221 e. The second-order valence-corrected chi connectivity index (χ2v) is 5.69. The second-order valence-electron chi connectivity index (χ2n) is 4.52. The number of nitrogens with one attached hydrogen (secondary N) is 1. The zero-order valence-electron chi connectivity index (χ0n) is 10.4. The largest absolute Gasteiger partial charge is 0.353 e. The van der Waals surface area contributed by atoms with Gasteiger partial charge in [-0.15, -0.1) is 11.8 Å². The molecule has 1 aliphatic rings. The second kappa shape index (κ2) is 6.05. The fraction of sp³-hybridized carbons (Fsp3) is 0.429. The number of amides is 1. The first-order chi connectivity index (χ1) is 8.65. The van der Waals surface area contributed by atoms with Crippen molar-refractivity contribution in [2.24, 2.45) is 0 Å². The molecule has 1 amide bonds. The van der Waals surface area contributed by atoms with E-state index >= 15 is 0 Å². The third-order valence-corrected chi connectivity index (χ3v) is 3.78. The van der Waals surface area contributed by atoms with E-state index in [2.05, 4.69) is 5.32 Å². The molecule has 0 heterocycles. The molecule has 2 rings (SSSR count). The molecule has 1 saturated carbocycles. The molecule has 0 aromatic heterocycles. The number of carbonyl (C=O) groups is 2. The number of Topliss-reactive ketones (excluding diaryl/α,β-unsaturated/α-hetero) is 1. The van der Waals surface area contributed by atoms with E-state index in [0.717, 1.165) is 29.1 Å². The van der Waals surface area contributed by atoms with E-state index in [-0.39, 0.29) is 11.7 Å². The van der Waals surface area contributed by atoms with E-state index in [1.807, 2.05) is 24.3 Å². The lowest BCUT2D eigenvalue weighted by molar-refractivity contribution is -0.120. The van der Waals surface area contributed by atoms with Gasteiger partial charge in [0.1, 0.15) is 0 Å². The average Bonchev–Trinajstić information content (AvgIpc) is 3.13. The molecule has 0 saturated heterocycles. The van der Waals surface area contributed by atoms with Crippen LogP contribution in [0, 0.1) is 0 Å². The quantitative estimate of drug-likeness (QED) is 0.634. The van der Waals surface area contributed by atoms with Crippen molar-refractivity contribution in [3.8, 4) is 0 Å². The number of thioether (sulfide) groups is 1. The fourth-order valence-electron chi connectivity index (χ4n) is 1.59. The van der Waals surface area contributed by atoms with Gasteiger partial charge in [0.15, 0.2) is 5.78 Å². The molecule has 0 bridgehead atoms. The number of carbonyl (C=O) groups excluding carboxylic acids is 2. The van der Waals surface area contributed by atoms with E-state index in [1.165, 1.54) is 0 Å². The van der Waals surface area contributed by atoms with Crippen molar-refractivity contribution in [1.29, 1.82) is 0 Å². The molecule has 18 heavy (non-hydrogen) atoms. The molecular weight excluding hydrogens is 246 g/mol. The van der Waals surface area contributed by atoms with Gasteiger partial charge in [-0.2, -0.15) is 0 Å². The minimum atomic E-state index is 0.0731. The van der Waals surface area contributed by atoms with E-state index in [1.54, 1.807) is 18.7 Å². The Kier molecular flexibility index (Phi) is 4.42. The number of hydrogen-bond acceptors (Lipinski definition) is 3. The van der Waals surface area contributed by atoms with Gasteiger partial charge in [-0.25, -0.2) is 0 Å². The van der Waals surface area contributed by atoms with E-state index < -0.39 is 0 Å². The highest BCUT2D eigenvalue weighted by atomic mass is 32.2. The van der Waals surface area contributed by atoms with Gasteiger partial charge in [0.2, 0.25) is 5.91 Å². The number of rotatable bonds is 6. The zero-order valence-corrected chi connectivity index (χ0v) is 11.3. The van der Waals surface area contributed by atoms with Crippen molar-refractivity contribution < 1.29 is 9.59 Å². The minimum Gasteiger partial charge on any atom is -0.353 e. The molecule has 3 nitrogen and oxygen atoms in total. The van der Waals surface area contributed by atoms with E-state index in [9.17, 15) is 9.59 Å². The Bertz CT molecular complexity index is 455. The van der Waals surface area contributed by atoms with Gasteiger partial charge in [-0.1, -0.05) is 12.1 Å². The molecular formula is C14H17NO2S. The van der Waals surface area contributed by atoms with Crippen LogP contribution >= 0.6 is 11.8 Å². The average molecular weight is 263 g/mol. The van der Waals surface area contributed by atoms with Crippen LogP contribution in [0.5, 0.6) is 0 Å². The number of hydrogen-bond donors (Lipinski definition) is 1. The lowest BCUT2D eigenvalue weighted by atomic mass is 10.2. The molecule has 1 aliphatic carbocycles. The summed E-state index contributed by atoms with van der Waals surface area (Å²) in [5, 5.41) is 2.96. The van der Waals surface area contributed by atoms with Crippen LogP contribution in [-0.2, 0) is 4.79 Å². The van der Waals surface area contributed by atoms with Crippen molar-refractivity contribution in [2.45, 2.75) is 37.1 Å². The highest BCUT2D eigenvalue weighted by molar-refractivity contribution is 7.99. The molecule has 1 N–H and O–H groups in total. The van der Waals surface area contributed by atoms with E-state index in [0.29, 0.717) is 12.5 Å². The third-order valence-electron chi connectivity index (χ3n) is 2.78. The summed E-state index contributed by atoms with van der Waals surface area (Å²) < 4.78 is 0. The third kappa shape index (κ3) is 4.18. The van der Waals surface area contributed by atoms with Crippen LogP contribution in [-0.4, -0.2) is 23.5 Å². The van der Waals surface area contributed by atoms with Crippen molar-refractivity contribution in [2.75, 3.05) is 5.75 Å². The SMILES string of the molecule is CC(=O)c1cccc(SCCC(=O)NC2CC2)c1. The summed E-state index contributed by atoms with van der Waals surface area (Å²) in [5.74, 6) is 0.955. The molecule has 0 atom stereocenters. The predicted octanol–water partition coefficient (Wildman–Crippen LogP) is 2.65. The Morgan fingerprint density at radius 1 is 1.39 bits per heavy atom. The highest BCUT2D eigenvalue weighted by Gasteiger charge is 2.22. The molecule has 0 radical (unpaired) electrons. The first-order valence-corrected chi connectivity index (χ1v) is 7.17. The van der Waals surface area contributed by atoms with Crippen molar-refractivity contribution in [3.05, 3.63) is 29.8 Å². The van der Waals surface area contributed by atoms with Crippen LogP contribution in [0.15, 0.2) is 29.2 Å². The van der Waals surface area contributed by atoms with Crippen LogP contribution in [0.2, 0.25) is 0 Å². The smallest absolute Gasteiger partial charge is 0.221 e. The fourth-order valence-corrected chi connectivity index (χ4v) is 2.50. The predicted molar refractivity (Wildman–Crippen MR) is 73.0 cm³/mol. The van der Waals surface area contributed by atoms with Crippen LogP contribution in [0.3, 0.4) is 0 Å². The van der Waals surface area contributed by atoms with Crippen LogP contribution < -0.4 is 5.32 Å². The van der Waals surface area contributed by atoms with Gasteiger partial charge in [-0.05, 0) is 31.9 Å². The Hall–Kier alpha value is -1.29. The summed E-state index contributed by atoms with van der Waals surface area (Å²) in [4.78, 5) is 23.8. The summed E-state index contributed by atoms with van der Waals surface area (Å²) in [6, 6.07) is 7.97. The van der Waals surface area contributed by atoms with Gasteiger partial charge >= 0.3 is 0 Å². The van der Waals surface area contributed by atoms with Gasteiger partial charge in [0.25, 0.3) is 0 Å². The molecule has 1 fully saturated rings. The molecule has 0 spiro atoms. The lowest BCUT2D eigenvalue weighted by Crippen LogP contribution is -2.25. The van der Waals surface area contributed by atoms with Gasteiger partial charge in [0, 0.05) is 28.7 Å². The summed E-state index contributed by atoms with van der Waals surface area (Å²) in [5.41, 5.74) is 0.724. The molecule has 96 valence electrons. The first kappa shape index (κ1) is 13.1. The number of ketones is 1. The summed E-state index contributed by atoms with van der Waals surface area (Å²) in [6.07, 6.45) is 2.78. The van der Waals surface area contributed by atoms with Crippen LogP contribution in [0.4, 0.5) is 0 Å². The van der Waals surface area contributed by atoms with Crippen LogP contribution in [0.1, 0.15) is 36.5 Å². The summed E-state index contributed by atoms with van der Waals surface area (Å²) >= 11 is 1.61. The maximum atomic E-state index is 11.5. The van der Waals surface area contributed by atoms with Gasteiger partial charge in [0.05, 0.1) is 0 Å². The molecule has 0 unspecified atom stereocenters. The molecule has 0 aliphatic heterocycles. The molecule has 1 aromatic carbocycles. The topological polar surface area (TPSA) is 46.2 Å². The highest BCUT2D eigenvalue weighted by Crippen LogP contribution is 2.21. The van der Waals surface area contributed by atoms with Gasteiger partial charge < -0.3 is 5.32 Å². The van der Waals surface area contributed by atoms with Crippen molar-refractivity contribution in [3.63, 3.8) is 0 Å².